The molecule has 0 unspecified atom stereocenters. The van der Waals surface area contributed by atoms with Gasteiger partial charge in [0.25, 0.3) is 0 Å². The highest BCUT2D eigenvalue weighted by Crippen LogP contribution is 2.36. The molecule has 6 aromatic rings. The van der Waals surface area contributed by atoms with Gasteiger partial charge in [0, 0.05) is 39.2 Å². The highest BCUT2D eigenvalue weighted by Gasteiger charge is 2.16. The fourth-order valence-electron chi connectivity index (χ4n) is 3.89. The summed E-state index contributed by atoms with van der Waals surface area (Å²) in [5.41, 5.74) is 5.61. The van der Waals surface area contributed by atoms with Crippen molar-refractivity contribution >= 4 is 38.9 Å². The SMILES string of the molecule is CC(=O)c1ccc(-c2cncc3[nH]c(-c4n[nH]c5cnc(-c6cncc(O)c6)cc45)cc23)s1. The van der Waals surface area contributed by atoms with Crippen LogP contribution in [0.1, 0.15) is 16.6 Å². The van der Waals surface area contributed by atoms with Crippen LogP contribution >= 0.6 is 11.3 Å². The average Bonchev–Trinajstić information content (AvgIpc) is 3.55. The molecule has 0 aromatic carbocycles. The molecule has 0 radical (unpaired) electrons. The van der Waals surface area contributed by atoms with E-state index in [4.69, 9.17) is 0 Å². The van der Waals surface area contributed by atoms with Gasteiger partial charge in [-0.2, -0.15) is 5.10 Å². The number of aromatic hydroxyl groups is 1. The van der Waals surface area contributed by atoms with Crippen molar-refractivity contribution in [1.29, 1.82) is 0 Å². The van der Waals surface area contributed by atoms with Crippen molar-refractivity contribution in [3.63, 3.8) is 0 Å². The van der Waals surface area contributed by atoms with Gasteiger partial charge in [0.2, 0.25) is 0 Å². The molecule has 0 aliphatic carbocycles. The van der Waals surface area contributed by atoms with E-state index in [1.54, 1.807) is 31.6 Å². The van der Waals surface area contributed by atoms with Gasteiger partial charge in [-0.3, -0.25) is 24.8 Å². The van der Waals surface area contributed by atoms with E-state index >= 15 is 0 Å². The molecule has 6 heterocycles. The number of thiophene rings is 1. The van der Waals surface area contributed by atoms with Gasteiger partial charge in [-0.25, -0.2) is 0 Å². The summed E-state index contributed by atoms with van der Waals surface area (Å²) in [5, 5.41) is 19.2. The molecular formula is C24H16N6O2S. The molecule has 160 valence electrons. The number of aromatic amines is 2. The standard InChI is InChI=1S/C24H16N6O2S/c1-12(31)22-2-3-23(33-22)17-9-26-10-20-15(17)5-19(28-20)24-16-6-18(27-11-21(16)29-30-24)13-4-14(32)8-25-7-13/h2-11,28,32H,1H3,(H,29,30). The van der Waals surface area contributed by atoms with Crippen LogP contribution in [-0.4, -0.2) is 41.0 Å². The Morgan fingerprint density at radius 1 is 0.970 bits per heavy atom. The minimum atomic E-state index is 0.0514. The van der Waals surface area contributed by atoms with E-state index in [-0.39, 0.29) is 11.5 Å². The predicted molar refractivity (Wildman–Crippen MR) is 127 cm³/mol. The highest BCUT2D eigenvalue weighted by atomic mass is 32.1. The monoisotopic (exact) mass is 452 g/mol. The zero-order chi connectivity index (χ0) is 22.5. The van der Waals surface area contributed by atoms with Crippen LogP contribution in [0.4, 0.5) is 0 Å². The first-order chi connectivity index (χ1) is 16.1. The lowest BCUT2D eigenvalue weighted by molar-refractivity contribution is 0.102. The lowest BCUT2D eigenvalue weighted by Crippen LogP contribution is -1.85. The third-order valence-electron chi connectivity index (χ3n) is 5.49. The first-order valence-electron chi connectivity index (χ1n) is 10.1. The molecule has 0 atom stereocenters. The summed E-state index contributed by atoms with van der Waals surface area (Å²) in [4.78, 5) is 29.8. The number of carbonyl (C=O) groups is 1. The second-order valence-corrected chi connectivity index (χ2v) is 8.75. The number of Topliss-reactive ketones (excluding diaryl/α,β-unsaturated/α-hetero) is 1. The van der Waals surface area contributed by atoms with E-state index in [9.17, 15) is 9.90 Å². The van der Waals surface area contributed by atoms with E-state index in [0.717, 1.165) is 48.5 Å². The molecule has 9 heteroatoms. The molecular weight excluding hydrogens is 436 g/mol. The number of carbonyl (C=O) groups excluding carboxylic acids is 1. The number of nitrogens with one attached hydrogen (secondary N) is 2. The number of hydrogen-bond acceptors (Lipinski definition) is 7. The molecule has 0 bridgehead atoms. The molecule has 0 fully saturated rings. The smallest absolute Gasteiger partial charge is 0.169 e. The van der Waals surface area contributed by atoms with Crippen molar-refractivity contribution in [2.24, 2.45) is 0 Å². The van der Waals surface area contributed by atoms with Gasteiger partial charge in [-0.05, 0) is 37.3 Å². The molecule has 0 amide bonds. The predicted octanol–water partition coefficient (Wildman–Crippen LogP) is 5.20. The Morgan fingerprint density at radius 2 is 1.85 bits per heavy atom. The van der Waals surface area contributed by atoms with Gasteiger partial charge < -0.3 is 10.1 Å². The lowest BCUT2D eigenvalue weighted by atomic mass is 10.1. The van der Waals surface area contributed by atoms with Gasteiger partial charge in [-0.1, -0.05) is 0 Å². The fourth-order valence-corrected chi connectivity index (χ4v) is 4.82. The van der Waals surface area contributed by atoms with Gasteiger partial charge in [-0.15, -0.1) is 11.3 Å². The Hall–Kier alpha value is -4.37. The summed E-state index contributed by atoms with van der Waals surface area (Å²) in [5.74, 6) is 0.134. The minimum absolute atomic E-state index is 0.0514. The Kier molecular flexibility index (Phi) is 4.30. The van der Waals surface area contributed by atoms with Crippen LogP contribution in [0.15, 0.2) is 61.3 Å². The van der Waals surface area contributed by atoms with Crippen LogP contribution in [0.5, 0.6) is 5.75 Å². The summed E-state index contributed by atoms with van der Waals surface area (Å²) >= 11 is 1.46. The van der Waals surface area contributed by atoms with Crippen LogP contribution in [0.25, 0.3) is 54.9 Å². The second-order valence-electron chi connectivity index (χ2n) is 7.67. The molecule has 0 saturated carbocycles. The van der Waals surface area contributed by atoms with Gasteiger partial charge in [0.1, 0.15) is 11.4 Å². The van der Waals surface area contributed by atoms with E-state index in [2.05, 4.69) is 30.1 Å². The van der Waals surface area contributed by atoms with E-state index in [0.29, 0.717) is 11.3 Å². The fraction of sp³-hybridized carbons (Fsp3) is 0.0417. The zero-order valence-corrected chi connectivity index (χ0v) is 18.1. The molecule has 3 N–H and O–H groups in total. The van der Waals surface area contributed by atoms with Crippen LogP contribution in [0, 0.1) is 0 Å². The number of H-pyrrole nitrogens is 2. The Balaban J connectivity index is 1.48. The Bertz CT molecular complexity index is 1680. The first-order valence-corrected chi connectivity index (χ1v) is 11.0. The molecule has 0 saturated heterocycles. The maximum absolute atomic E-state index is 11.7. The van der Waals surface area contributed by atoms with Gasteiger partial charge in [0.05, 0.1) is 45.9 Å². The molecule has 8 nitrogen and oxygen atoms in total. The highest BCUT2D eigenvalue weighted by molar-refractivity contribution is 7.17. The number of pyridine rings is 3. The number of nitrogens with zero attached hydrogens (tertiary/aromatic N) is 4. The number of aromatic nitrogens is 6. The lowest BCUT2D eigenvalue weighted by Gasteiger charge is -2.01. The maximum Gasteiger partial charge on any atom is 0.169 e. The number of ketones is 1. The average molecular weight is 452 g/mol. The van der Waals surface area contributed by atoms with Crippen LogP contribution in [0.3, 0.4) is 0 Å². The Morgan fingerprint density at radius 3 is 2.67 bits per heavy atom. The van der Waals surface area contributed by atoms with Crippen molar-refractivity contribution in [2.45, 2.75) is 6.92 Å². The second kappa shape index (κ2) is 7.35. The van der Waals surface area contributed by atoms with Gasteiger partial charge in [0.15, 0.2) is 5.78 Å². The molecule has 0 spiro atoms. The van der Waals surface area contributed by atoms with E-state index in [1.807, 2.05) is 30.5 Å². The molecule has 6 aromatic heterocycles. The quantitative estimate of drug-likeness (QED) is 0.316. The van der Waals surface area contributed by atoms with E-state index in [1.165, 1.54) is 17.5 Å². The summed E-state index contributed by atoms with van der Waals surface area (Å²) < 4.78 is 0. The molecule has 33 heavy (non-hydrogen) atoms. The van der Waals surface area contributed by atoms with Crippen molar-refractivity contribution in [3.8, 4) is 38.8 Å². The largest absolute Gasteiger partial charge is 0.506 e. The maximum atomic E-state index is 11.7. The normalized spacial score (nSPS) is 11.4. The summed E-state index contributed by atoms with van der Waals surface area (Å²) in [6.07, 6.45) is 8.35. The minimum Gasteiger partial charge on any atom is -0.506 e. The summed E-state index contributed by atoms with van der Waals surface area (Å²) in [7, 11) is 0. The van der Waals surface area contributed by atoms with Crippen molar-refractivity contribution in [3.05, 3.63) is 66.2 Å². The number of rotatable bonds is 4. The summed E-state index contributed by atoms with van der Waals surface area (Å²) in [6, 6.07) is 9.40. The van der Waals surface area contributed by atoms with Crippen LogP contribution in [0.2, 0.25) is 0 Å². The van der Waals surface area contributed by atoms with Crippen LogP contribution < -0.4 is 0 Å². The third kappa shape index (κ3) is 3.26. The van der Waals surface area contributed by atoms with Crippen LogP contribution in [-0.2, 0) is 0 Å². The van der Waals surface area contributed by atoms with Gasteiger partial charge >= 0.3 is 0 Å². The topological polar surface area (TPSA) is 120 Å². The molecule has 0 aliphatic heterocycles. The summed E-state index contributed by atoms with van der Waals surface area (Å²) in [6.45, 7) is 1.57. The van der Waals surface area contributed by atoms with E-state index < -0.39 is 0 Å². The molecule has 0 aliphatic rings. The van der Waals surface area contributed by atoms with Crippen molar-refractivity contribution < 1.29 is 9.90 Å². The third-order valence-corrected chi connectivity index (χ3v) is 6.71. The molecule has 6 rings (SSSR count). The first kappa shape index (κ1) is 19.3. The zero-order valence-electron chi connectivity index (χ0n) is 17.3. The van der Waals surface area contributed by atoms with Crippen molar-refractivity contribution in [1.82, 2.24) is 30.1 Å². The van der Waals surface area contributed by atoms with Crippen molar-refractivity contribution in [2.75, 3.05) is 0 Å². The number of fused-ring (bicyclic) bond motifs is 2. The number of hydrogen-bond donors (Lipinski definition) is 3. The Labute approximate surface area is 191 Å².